The smallest absolute Gasteiger partial charge is 0.334 e. The highest BCUT2D eigenvalue weighted by molar-refractivity contribution is 5.95. The average Bonchev–Trinajstić information content (AvgIpc) is 3.40. The molecule has 2 aromatic rings. The fraction of sp³-hybridized carbons (Fsp3) is 0.348. The SMILES string of the molecule is CN(CC(=O)[N+]1(Cc2ccc(C(=N)N)cc2)CC[C@@H]2C[C@@]21C(N)=O)c1ccccc1. The summed E-state index contributed by atoms with van der Waals surface area (Å²) in [7, 11) is 1.89. The number of quaternary nitrogens is 1. The van der Waals surface area contributed by atoms with Crippen molar-refractivity contribution >= 4 is 23.3 Å². The van der Waals surface area contributed by atoms with Crippen molar-refractivity contribution in [3.8, 4) is 0 Å². The maximum Gasteiger partial charge on any atom is 0.334 e. The van der Waals surface area contributed by atoms with Crippen molar-refractivity contribution in [2.24, 2.45) is 17.4 Å². The van der Waals surface area contributed by atoms with Gasteiger partial charge in [0.05, 0.1) is 6.54 Å². The standard InChI is InChI=1S/C23H27N5O2/c1-27(19-5-3-2-4-6-19)14-20(29)28(12-11-18-13-23(18,28)22(26)30)15-16-7-9-17(10-8-16)21(24)25/h2-10,18H,11-15H2,1H3,(H4-,24,25,26,30)/p+1/t18-,23+,28?/m1/s1. The number of nitrogens with two attached hydrogens (primary N) is 2. The van der Waals surface area contributed by atoms with Gasteiger partial charge in [-0.15, -0.1) is 0 Å². The zero-order chi connectivity index (χ0) is 21.5. The van der Waals surface area contributed by atoms with Crippen LogP contribution in [0.3, 0.4) is 0 Å². The highest BCUT2D eigenvalue weighted by atomic mass is 16.2. The number of rotatable bonds is 7. The molecule has 2 aromatic carbocycles. The third-order valence-electron chi connectivity index (χ3n) is 6.89. The number of anilines is 1. The number of amidine groups is 1. The second kappa shape index (κ2) is 7.25. The summed E-state index contributed by atoms with van der Waals surface area (Å²) in [4.78, 5) is 28.2. The van der Waals surface area contributed by atoms with Gasteiger partial charge in [0.2, 0.25) is 0 Å². The van der Waals surface area contributed by atoms with Gasteiger partial charge in [-0.2, -0.15) is 0 Å². The van der Waals surface area contributed by atoms with Gasteiger partial charge in [-0.1, -0.05) is 42.5 Å². The van der Waals surface area contributed by atoms with E-state index in [0.717, 1.165) is 17.7 Å². The quantitative estimate of drug-likeness (QED) is 0.368. The van der Waals surface area contributed by atoms with Crippen LogP contribution in [0.4, 0.5) is 5.69 Å². The predicted octanol–water partition coefficient (Wildman–Crippen LogP) is 1.60. The third kappa shape index (κ3) is 3.06. The van der Waals surface area contributed by atoms with Gasteiger partial charge < -0.3 is 16.4 Å². The number of hydrogen-bond donors (Lipinski definition) is 3. The minimum Gasteiger partial charge on any atom is -0.384 e. The Bertz CT molecular complexity index is 990. The second-order valence-electron chi connectivity index (χ2n) is 8.52. The molecule has 156 valence electrons. The summed E-state index contributed by atoms with van der Waals surface area (Å²) >= 11 is 0. The molecule has 1 aliphatic carbocycles. The highest BCUT2D eigenvalue weighted by Crippen LogP contribution is 2.60. The number of hydrogen-bond acceptors (Lipinski definition) is 4. The molecular formula is C23H28N5O2+. The van der Waals surface area contributed by atoms with E-state index in [1.54, 1.807) is 12.1 Å². The Balaban J connectivity index is 1.66. The molecule has 1 unspecified atom stereocenters. The van der Waals surface area contributed by atoms with Gasteiger partial charge in [0, 0.05) is 42.6 Å². The number of nitrogen functional groups attached to an aromatic ring is 1. The lowest BCUT2D eigenvalue weighted by molar-refractivity contribution is -0.884. The van der Waals surface area contributed by atoms with E-state index in [4.69, 9.17) is 16.9 Å². The van der Waals surface area contributed by atoms with Gasteiger partial charge in [0.15, 0.2) is 5.54 Å². The topological polar surface area (TPSA) is 113 Å². The normalized spacial score (nSPS) is 26.6. The number of amides is 2. The van der Waals surface area contributed by atoms with Gasteiger partial charge in [-0.05, 0) is 12.1 Å². The van der Waals surface area contributed by atoms with E-state index >= 15 is 0 Å². The minimum atomic E-state index is -0.798. The molecule has 1 saturated heterocycles. The first-order chi connectivity index (χ1) is 14.3. The van der Waals surface area contributed by atoms with Gasteiger partial charge in [0.1, 0.15) is 18.9 Å². The Morgan fingerprint density at radius 1 is 1.13 bits per heavy atom. The minimum absolute atomic E-state index is 0.00282. The van der Waals surface area contributed by atoms with E-state index in [9.17, 15) is 9.59 Å². The Kier molecular flexibility index (Phi) is 4.86. The maximum atomic E-state index is 13.7. The Hall–Kier alpha value is -3.19. The van der Waals surface area contributed by atoms with Gasteiger partial charge in [-0.3, -0.25) is 10.2 Å². The average molecular weight is 407 g/mol. The van der Waals surface area contributed by atoms with E-state index in [1.807, 2.05) is 54.4 Å². The number of fused-ring (bicyclic) bond motifs is 1. The molecule has 5 N–H and O–H groups in total. The molecular weight excluding hydrogens is 378 g/mol. The number of carbonyl (C=O) groups excluding carboxylic acids is 2. The molecule has 0 spiro atoms. The van der Waals surface area contributed by atoms with Crippen molar-refractivity contribution in [3.63, 3.8) is 0 Å². The number of piperidine rings is 1. The van der Waals surface area contributed by atoms with Crippen LogP contribution in [0.25, 0.3) is 0 Å². The molecule has 7 heteroatoms. The molecule has 1 saturated carbocycles. The van der Waals surface area contributed by atoms with Crippen molar-refractivity contribution in [2.45, 2.75) is 24.9 Å². The summed E-state index contributed by atoms with van der Waals surface area (Å²) in [5, 5.41) is 7.57. The number of likely N-dealkylation sites (N-methyl/N-ethyl adjacent to an activating group) is 1. The van der Waals surface area contributed by atoms with Crippen LogP contribution < -0.4 is 16.4 Å². The Labute approximate surface area is 176 Å². The summed E-state index contributed by atoms with van der Waals surface area (Å²) in [5.41, 5.74) is 13.2. The molecule has 2 aliphatic rings. The first-order valence-corrected chi connectivity index (χ1v) is 10.2. The van der Waals surface area contributed by atoms with Gasteiger partial charge in [-0.25, -0.2) is 9.28 Å². The van der Waals surface area contributed by atoms with Crippen molar-refractivity contribution in [3.05, 3.63) is 65.7 Å². The molecule has 3 atom stereocenters. The van der Waals surface area contributed by atoms with E-state index in [-0.39, 0.29) is 34.6 Å². The van der Waals surface area contributed by atoms with Crippen molar-refractivity contribution in [2.75, 3.05) is 25.0 Å². The van der Waals surface area contributed by atoms with Crippen LogP contribution in [-0.2, 0) is 16.1 Å². The zero-order valence-corrected chi connectivity index (χ0v) is 17.2. The van der Waals surface area contributed by atoms with Gasteiger partial charge >= 0.3 is 5.91 Å². The van der Waals surface area contributed by atoms with Crippen LogP contribution in [0.2, 0.25) is 0 Å². The molecule has 0 bridgehead atoms. The summed E-state index contributed by atoms with van der Waals surface area (Å²) in [6.07, 6.45) is 1.50. The molecule has 1 heterocycles. The summed E-state index contributed by atoms with van der Waals surface area (Å²) < 4.78 is 0.0730. The van der Waals surface area contributed by atoms with E-state index in [1.165, 1.54) is 0 Å². The molecule has 1 aliphatic heterocycles. The first-order valence-electron chi connectivity index (χ1n) is 10.2. The largest absolute Gasteiger partial charge is 0.384 e. The molecule has 0 aromatic heterocycles. The van der Waals surface area contributed by atoms with Crippen LogP contribution >= 0.6 is 0 Å². The molecule has 30 heavy (non-hydrogen) atoms. The number of carbonyl (C=O) groups is 2. The van der Waals surface area contributed by atoms with E-state index in [0.29, 0.717) is 25.1 Å². The third-order valence-corrected chi connectivity index (χ3v) is 6.89. The lowest BCUT2D eigenvalue weighted by Crippen LogP contribution is -2.65. The van der Waals surface area contributed by atoms with E-state index in [2.05, 4.69) is 0 Å². The predicted molar refractivity (Wildman–Crippen MR) is 116 cm³/mol. The molecule has 4 rings (SSSR count). The van der Waals surface area contributed by atoms with Crippen molar-refractivity contribution in [1.82, 2.24) is 0 Å². The number of benzene rings is 2. The molecule has 2 amide bonds. The number of primary amides is 1. The van der Waals surface area contributed by atoms with Crippen molar-refractivity contribution < 1.29 is 14.1 Å². The van der Waals surface area contributed by atoms with Crippen LogP contribution in [0.5, 0.6) is 0 Å². The molecule has 2 fully saturated rings. The Morgan fingerprint density at radius 3 is 2.37 bits per heavy atom. The maximum absolute atomic E-state index is 13.7. The zero-order valence-electron chi connectivity index (χ0n) is 17.2. The molecule has 0 radical (unpaired) electrons. The van der Waals surface area contributed by atoms with Crippen LogP contribution in [0, 0.1) is 11.3 Å². The summed E-state index contributed by atoms with van der Waals surface area (Å²) in [6.45, 7) is 1.24. The highest BCUT2D eigenvalue weighted by Gasteiger charge is 2.78. The number of para-hydroxylation sites is 1. The van der Waals surface area contributed by atoms with Crippen LogP contribution in [0.1, 0.15) is 24.0 Å². The summed E-state index contributed by atoms with van der Waals surface area (Å²) in [6, 6.07) is 17.1. The Morgan fingerprint density at radius 2 is 1.80 bits per heavy atom. The summed E-state index contributed by atoms with van der Waals surface area (Å²) in [5.74, 6) is -0.183. The molecule has 7 nitrogen and oxygen atoms in total. The van der Waals surface area contributed by atoms with Crippen LogP contribution in [0.15, 0.2) is 54.6 Å². The van der Waals surface area contributed by atoms with Crippen molar-refractivity contribution in [1.29, 1.82) is 5.41 Å². The first kappa shape index (κ1) is 20.1. The lowest BCUT2D eigenvalue weighted by Gasteiger charge is -2.40. The van der Waals surface area contributed by atoms with Crippen LogP contribution in [-0.4, -0.2) is 47.8 Å². The number of likely N-dealkylation sites (tertiary alicyclic amines) is 1. The van der Waals surface area contributed by atoms with Gasteiger partial charge in [0.25, 0.3) is 5.91 Å². The fourth-order valence-electron chi connectivity index (χ4n) is 5.14. The number of nitrogens with one attached hydrogen (secondary N) is 1. The second-order valence-corrected chi connectivity index (χ2v) is 8.52. The van der Waals surface area contributed by atoms with E-state index < -0.39 is 5.54 Å². The monoisotopic (exact) mass is 406 g/mol. The lowest BCUT2D eigenvalue weighted by atomic mass is 10.0. The fourth-order valence-corrected chi connectivity index (χ4v) is 5.14. The number of nitrogens with zero attached hydrogens (tertiary/aromatic N) is 2.